The van der Waals surface area contributed by atoms with Crippen LogP contribution in [0.3, 0.4) is 0 Å². The Morgan fingerprint density at radius 3 is 2.56 bits per heavy atom. The molecule has 5 nitrogen and oxygen atoms in total. The van der Waals surface area contributed by atoms with Gasteiger partial charge in [0.05, 0.1) is 35.2 Å². The van der Waals surface area contributed by atoms with Crippen molar-refractivity contribution in [3.8, 4) is 0 Å². The highest BCUT2D eigenvalue weighted by Crippen LogP contribution is 2.27. The number of morpholine rings is 1. The molecule has 1 aliphatic heterocycles. The summed E-state index contributed by atoms with van der Waals surface area (Å²) in [5.74, 6) is 0.0866. The first-order valence-electron chi connectivity index (χ1n) is 5.99. The van der Waals surface area contributed by atoms with Crippen LogP contribution in [0.15, 0.2) is 23.1 Å². The smallest absolute Gasteiger partial charge is 0.178 e. The van der Waals surface area contributed by atoms with Crippen molar-refractivity contribution in [3.63, 3.8) is 0 Å². The van der Waals surface area contributed by atoms with Crippen molar-refractivity contribution in [2.24, 2.45) is 0 Å². The summed E-state index contributed by atoms with van der Waals surface area (Å²) in [6.07, 6.45) is 0. The Kier molecular flexibility index (Phi) is 3.77. The molecular weight excluding hydrogens is 252 g/mol. The van der Waals surface area contributed by atoms with Crippen LogP contribution in [0, 0.1) is 0 Å². The van der Waals surface area contributed by atoms with Crippen LogP contribution in [-0.4, -0.2) is 40.5 Å². The summed E-state index contributed by atoms with van der Waals surface area (Å²) < 4.78 is 28.8. The van der Waals surface area contributed by atoms with Gasteiger partial charge >= 0.3 is 0 Å². The van der Waals surface area contributed by atoms with E-state index in [2.05, 4.69) is 4.90 Å². The van der Waals surface area contributed by atoms with Gasteiger partial charge in [0.1, 0.15) is 0 Å². The lowest BCUT2D eigenvalue weighted by molar-refractivity contribution is 0.123. The Morgan fingerprint density at radius 2 is 2.00 bits per heavy atom. The fourth-order valence-electron chi connectivity index (χ4n) is 1.98. The average molecular weight is 270 g/mol. The van der Waals surface area contributed by atoms with Crippen LogP contribution in [0.2, 0.25) is 0 Å². The number of rotatable bonds is 3. The van der Waals surface area contributed by atoms with Crippen molar-refractivity contribution in [1.29, 1.82) is 0 Å². The fraction of sp³-hybridized carbons (Fsp3) is 0.500. The molecule has 2 rings (SSSR count). The first kappa shape index (κ1) is 13.2. The van der Waals surface area contributed by atoms with E-state index in [1.807, 2.05) is 0 Å². The molecule has 1 fully saturated rings. The number of hydrogen-bond donors (Lipinski definition) is 1. The molecule has 100 valence electrons. The third kappa shape index (κ3) is 2.59. The van der Waals surface area contributed by atoms with Crippen LogP contribution in [0.5, 0.6) is 0 Å². The Labute approximate surface area is 107 Å². The highest BCUT2D eigenvalue weighted by atomic mass is 32.2. The summed E-state index contributed by atoms with van der Waals surface area (Å²) in [4.78, 5) is 2.40. The number of sulfone groups is 1. The third-order valence-electron chi connectivity index (χ3n) is 3.09. The lowest BCUT2D eigenvalue weighted by Gasteiger charge is -2.30. The number of nitrogens with two attached hydrogens (primary N) is 1. The van der Waals surface area contributed by atoms with Crippen molar-refractivity contribution >= 4 is 21.2 Å². The van der Waals surface area contributed by atoms with Gasteiger partial charge in [-0.3, -0.25) is 0 Å². The Morgan fingerprint density at radius 1 is 1.33 bits per heavy atom. The minimum atomic E-state index is -3.19. The van der Waals surface area contributed by atoms with Crippen LogP contribution in [0.1, 0.15) is 6.92 Å². The quantitative estimate of drug-likeness (QED) is 0.826. The normalized spacial score (nSPS) is 16.8. The second kappa shape index (κ2) is 5.16. The van der Waals surface area contributed by atoms with Gasteiger partial charge in [0.2, 0.25) is 0 Å². The van der Waals surface area contributed by atoms with E-state index in [1.165, 1.54) is 0 Å². The van der Waals surface area contributed by atoms with E-state index in [0.717, 1.165) is 18.8 Å². The summed E-state index contributed by atoms with van der Waals surface area (Å²) in [6, 6.07) is 4.95. The van der Waals surface area contributed by atoms with Crippen LogP contribution in [0.4, 0.5) is 11.4 Å². The van der Waals surface area contributed by atoms with Crippen LogP contribution in [0.25, 0.3) is 0 Å². The van der Waals surface area contributed by atoms with Crippen molar-refractivity contribution < 1.29 is 13.2 Å². The van der Waals surface area contributed by atoms with E-state index in [1.54, 1.807) is 25.1 Å². The topological polar surface area (TPSA) is 72.6 Å². The Hall–Kier alpha value is -1.27. The van der Waals surface area contributed by atoms with Crippen LogP contribution >= 0.6 is 0 Å². The fourth-order valence-corrected chi connectivity index (χ4v) is 2.90. The zero-order valence-corrected chi connectivity index (χ0v) is 11.2. The summed E-state index contributed by atoms with van der Waals surface area (Å²) in [5.41, 5.74) is 7.35. The minimum Gasteiger partial charge on any atom is -0.397 e. The summed E-state index contributed by atoms with van der Waals surface area (Å²) in [5, 5.41) is 0. The Bertz CT molecular complexity index is 522. The van der Waals surface area contributed by atoms with Gasteiger partial charge in [0, 0.05) is 13.1 Å². The molecule has 1 heterocycles. The second-order valence-corrected chi connectivity index (χ2v) is 6.50. The highest BCUT2D eigenvalue weighted by molar-refractivity contribution is 7.91. The molecule has 18 heavy (non-hydrogen) atoms. The van der Waals surface area contributed by atoms with Gasteiger partial charge in [-0.15, -0.1) is 0 Å². The SMILES string of the molecule is CCS(=O)(=O)c1ccc(N2CCOCC2)c(N)c1. The molecule has 0 spiro atoms. The number of ether oxygens (including phenoxy) is 1. The maximum Gasteiger partial charge on any atom is 0.178 e. The van der Waals surface area contributed by atoms with Gasteiger partial charge in [-0.2, -0.15) is 0 Å². The molecule has 0 saturated carbocycles. The van der Waals surface area contributed by atoms with Crippen molar-refractivity contribution in [2.75, 3.05) is 42.7 Å². The van der Waals surface area contributed by atoms with Gasteiger partial charge in [0.25, 0.3) is 0 Å². The van der Waals surface area contributed by atoms with Crippen molar-refractivity contribution in [1.82, 2.24) is 0 Å². The number of nitrogen functional groups attached to an aromatic ring is 1. The standard InChI is InChI=1S/C12H18N2O3S/c1-2-18(15,16)10-3-4-12(11(13)9-10)14-5-7-17-8-6-14/h3-4,9H,2,5-8,13H2,1H3. The molecule has 0 amide bonds. The van der Waals surface area contributed by atoms with Crippen molar-refractivity contribution in [3.05, 3.63) is 18.2 Å². The molecule has 1 aliphatic rings. The summed E-state index contributed by atoms with van der Waals surface area (Å²) in [7, 11) is -3.19. The summed E-state index contributed by atoms with van der Waals surface area (Å²) >= 11 is 0. The molecule has 0 radical (unpaired) electrons. The first-order valence-corrected chi connectivity index (χ1v) is 7.65. The van der Waals surface area contributed by atoms with Gasteiger partial charge in [0.15, 0.2) is 9.84 Å². The maximum atomic E-state index is 11.8. The monoisotopic (exact) mass is 270 g/mol. The van der Waals surface area contributed by atoms with E-state index in [4.69, 9.17) is 10.5 Å². The molecule has 1 aromatic rings. The van der Waals surface area contributed by atoms with E-state index in [0.29, 0.717) is 23.8 Å². The van der Waals surface area contributed by atoms with Crippen LogP contribution in [-0.2, 0) is 14.6 Å². The summed E-state index contributed by atoms with van der Waals surface area (Å²) in [6.45, 7) is 4.54. The van der Waals surface area contributed by atoms with E-state index < -0.39 is 9.84 Å². The van der Waals surface area contributed by atoms with Crippen molar-refractivity contribution in [2.45, 2.75) is 11.8 Å². The molecule has 0 aliphatic carbocycles. The molecule has 2 N–H and O–H groups in total. The number of benzene rings is 1. The number of hydrogen-bond acceptors (Lipinski definition) is 5. The van der Waals surface area contributed by atoms with E-state index in [9.17, 15) is 8.42 Å². The zero-order chi connectivity index (χ0) is 13.2. The molecule has 1 aromatic carbocycles. The zero-order valence-electron chi connectivity index (χ0n) is 10.4. The Balaban J connectivity index is 2.30. The molecule has 0 unspecified atom stereocenters. The maximum absolute atomic E-state index is 11.8. The first-order chi connectivity index (χ1) is 8.54. The lowest BCUT2D eigenvalue weighted by Crippen LogP contribution is -2.36. The minimum absolute atomic E-state index is 0.0866. The third-order valence-corrected chi connectivity index (χ3v) is 4.82. The average Bonchev–Trinajstić information content (AvgIpc) is 2.39. The van der Waals surface area contributed by atoms with E-state index >= 15 is 0 Å². The second-order valence-electron chi connectivity index (χ2n) is 4.22. The molecule has 0 bridgehead atoms. The molecule has 0 aromatic heterocycles. The highest BCUT2D eigenvalue weighted by Gasteiger charge is 2.17. The van der Waals surface area contributed by atoms with Gasteiger partial charge in [-0.05, 0) is 18.2 Å². The molecule has 6 heteroatoms. The molecule has 1 saturated heterocycles. The predicted molar refractivity (Wildman–Crippen MR) is 71.6 cm³/mol. The van der Waals surface area contributed by atoms with Gasteiger partial charge < -0.3 is 15.4 Å². The van der Waals surface area contributed by atoms with Gasteiger partial charge in [-0.25, -0.2) is 8.42 Å². The molecule has 0 atom stereocenters. The number of nitrogens with zero attached hydrogens (tertiary/aromatic N) is 1. The van der Waals surface area contributed by atoms with Crippen LogP contribution < -0.4 is 10.6 Å². The predicted octanol–water partition coefficient (Wildman–Crippen LogP) is 0.899. The largest absolute Gasteiger partial charge is 0.397 e. The lowest BCUT2D eigenvalue weighted by atomic mass is 10.2. The molecular formula is C12H18N2O3S. The van der Waals surface area contributed by atoms with Gasteiger partial charge in [-0.1, -0.05) is 6.92 Å². The van der Waals surface area contributed by atoms with E-state index in [-0.39, 0.29) is 5.75 Å². The number of anilines is 2.